The molecule has 0 radical (unpaired) electrons. The summed E-state index contributed by atoms with van der Waals surface area (Å²) in [5, 5.41) is 5.67. The summed E-state index contributed by atoms with van der Waals surface area (Å²) in [4.78, 5) is 15.0. The molecule has 2 aromatic heterocycles. The zero-order valence-electron chi connectivity index (χ0n) is 7.81. The number of hydrogen-bond acceptors (Lipinski definition) is 3. The number of hydrazone groups is 1. The van der Waals surface area contributed by atoms with Gasteiger partial charge in [-0.05, 0) is 23.6 Å². The number of nitrogens with one attached hydrogen (secondary N) is 2. The molecular formula is C10H9N3OS. The number of aromatic amines is 1. The standard InChI is InChI=1S/C10H9N3OS/c14-10(9-4-2-6-15-9)13-12-7-8-3-1-5-11-8/h1-7,11H,(H,13,14)/b12-7+. The summed E-state index contributed by atoms with van der Waals surface area (Å²) in [6.07, 6.45) is 3.36. The van der Waals surface area contributed by atoms with Gasteiger partial charge >= 0.3 is 0 Å². The van der Waals surface area contributed by atoms with E-state index in [9.17, 15) is 4.79 Å². The number of amides is 1. The molecule has 0 aromatic carbocycles. The summed E-state index contributed by atoms with van der Waals surface area (Å²) in [5.74, 6) is -0.187. The van der Waals surface area contributed by atoms with Crippen molar-refractivity contribution in [3.8, 4) is 0 Å². The van der Waals surface area contributed by atoms with Crippen LogP contribution in [0.25, 0.3) is 0 Å². The summed E-state index contributed by atoms with van der Waals surface area (Å²) >= 11 is 1.39. The van der Waals surface area contributed by atoms with E-state index in [4.69, 9.17) is 0 Å². The van der Waals surface area contributed by atoms with Gasteiger partial charge in [0.05, 0.1) is 16.8 Å². The molecule has 0 saturated carbocycles. The van der Waals surface area contributed by atoms with Crippen LogP contribution in [0.2, 0.25) is 0 Å². The van der Waals surface area contributed by atoms with Gasteiger partial charge in [0, 0.05) is 6.20 Å². The number of thiophene rings is 1. The highest BCUT2D eigenvalue weighted by atomic mass is 32.1. The lowest BCUT2D eigenvalue weighted by Crippen LogP contribution is -2.16. The number of H-pyrrole nitrogens is 1. The third-order valence-electron chi connectivity index (χ3n) is 1.74. The van der Waals surface area contributed by atoms with E-state index < -0.39 is 0 Å². The molecule has 0 aliphatic heterocycles. The van der Waals surface area contributed by atoms with E-state index in [-0.39, 0.29) is 5.91 Å². The third kappa shape index (κ3) is 2.54. The second kappa shape index (κ2) is 4.56. The molecule has 0 atom stereocenters. The van der Waals surface area contributed by atoms with E-state index in [1.807, 2.05) is 23.6 Å². The predicted molar refractivity (Wildman–Crippen MR) is 60.2 cm³/mol. The van der Waals surface area contributed by atoms with Gasteiger partial charge in [-0.1, -0.05) is 6.07 Å². The minimum atomic E-state index is -0.187. The number of carbonyl (C=O) groups is 1. The van der Waals surface area contributed by atoms with E-state index in [2.05, 4.69) is 15.5 Å². The van der Waals surface area contributed by atoms with Crippen molar-refractivity contribution in [3.05, 3.63) is 46.4 Å². The molecule has 0 bridgehead atoms. The summed E-state index contributed by atoms with van der Waals surface area (Å²) in [6, 6.07) is 7.31. The largest absolute Gasteiger partial charge is 0.360 e. The normalized spacial score (nSPS) is 10.7. The van der Waals surface area contributed by atoms with E-state index in [0.29, 0.717) is 4.88 Å². The van der Waals surface area contributed by atoms with Gasteiger partial charge in [-0.3, -0.25) is 4.79 Å². The molecule has 0 aliphatic carbocycles. The molecule has 2 aromatic rings. The van der Waals surface area contributed by atoms with E-state index in [0.717, 1.165) is 5.69 Å². The van der Waals surface area contributed by atoms with Gasteiger partial charge in [0.25, 0.3) is 5.91 Å². The molecule has 0 fully saturated rings. The molecule has 15 heavy (non-hydrogen) atoms. The second-order valence-corrected chi connectivity index (χ2v) is 3.75. The highest BCUT2D eigenvalue weighted by Gasteiger charge is 2.03. The predicted octanol–water partition coefficient (Wildman–Crippen LogP) is 1.84. The first-order valence-electron chi connectivity index (χ1n) is 4.36. The lowest BCUT2D eigenvalue weighted by Gasteiger charge is -1.94. The molecule has 1 amide bonds. The fourth-order valence-electron chi connectivity index (χ4n) is 1.05. The number of rotatable bonds is 3. The highest BCUT2D eigenvalue weighted by Crippen LogP contribution is 2.07. The molecule has 76 valence electrons. The van der Waals surface area contributed by atoms with Gasteiger partial charge in [-0.15, -0.1) is 11.3 Å². The average Bonchev–Trinajstić information content (AvgIpc) is 2.90. The Balaban J connectivity index is 1.91. The van der Waals surface area contributed by atoms with Crippen LogP contribution in [0.3, 0.4) is 0 Å². The molecule has 0 spiro atoms. The van der Waals surface area contributed by atoms with Crippen LogP contribution in [0, 0.1) is 0 Å². The van der Waals surface area contributed by atoms with Gasteiger partial charge in [0.2, 0.25) is 0 Å². The molecule has 0 saturated heterocycles. The van der Waals surface area contributed by atoms with Crippen molar-refractivity contribution in [3.63, 3.8) is 0 Å². The maximum Gasteiger partial charge on any atom is 0.281 e. The Morgan fingerprint density at radius 2 is 2.40 bits per heavy atom. The zero-order valence-corrected chi connectivity index (χ0v) is 8.62. The lowest BCUT2D eigenvalue weighted by molar-refractivity contribution is 0.0959. The zero-order chi connectivity index (χ0) is 10.5. The fourth-order valence-corrected chi connectivity index (χ4v) is 1.66. The molecule has 0 aliphatic rings. The van der Waals surface area contributed by atoms with Crippen molar-refractivity contribution < 1.29 is 4.79 Å². The van der Waals surface area contributed by atoms with Crippen LogP contribution < -0.4 is 5.43 Å². The summed E-state index contributed by atoms with van der Waals surface area (Å²) < 4.78 is 0. The van der Waals surface area contributed by atoms with E-state index in [1.54, 1.807) is 18.5 Å². The second-order valence-electron chi connectivity index (χ2n) is 2.80. The van der Waals surface area contributed by atoms with Gasteiger partial charge in [0.15, 0.2) is 0 Å². The molecule has 5 heteroatoms. The summed E-state index contributed by atoms with van der Waals surface area (Å²) in [5.41, 5.74) is 3.29. The molecule has 4 nitrogen and oxygen atoms in total. The van der Waals surface area contributed by atoms with Crippen LogP contribution in [-0.2, 0) is 0 Å². The van der Waals surface area contributed by atoms with Gasteiger partial charge < -0.3 is 4.98 Å². The van der Waals surface area contributed by atoms with Gasteiger partial charge in [-0.25, -0.2) is 5.43 Å². The summed E-state index contributed by atoms with van der Waals surface area (Å²) in [6.45, 7) is 0. The van der Waals surface area contributed by atoms with Gasteiger partial charge in [-0.2, -0.15) is 5.10 Å². The average molecular weight is 219 g/mol. The van der Waals surface area contributed by atoms with Crippen molar-refractivity contribution in [2.45, 2.75) is 0 Å². The first-order chi connectivity index (χ1) is 7.36. The number of carbonyl (C=O) groups excluding carboxylic acids is 1. The Labute approximate surface area is 90.6 Å². The van der Waals surface area contributed by atoms with Crippen molar-refractivity contribution in [1.82, 2.24) is 10.4 Å². The number of nitrogens with zero attached hydrogens (tertiary/aromatic N) is 1. The topological polar surface area (TPSA) is 57.2 Å². The maximum atomic E-state index is 11.4. The monoisotopic (exact) mass is 219 g/mol. The minimum absolute atomic E-state index is 0.187. The van der Waals surface area contributed by atoms with Crippen molar-refractivity contribution in [2.75, 3.05) is 0 Å². The highest BCUT2D eigenvalue weighted by molar-refractivity contribution is 7.12. The van der Waals surface area contributed by atoms with Crippen LogP contribution in [-0.4, -0.2) is 17.1 Å². The van der Waals surface area contributed by atoms with Crippen LogP contribution >= 0.6 is 11.3 Å². The van der Waals surface area contributed by atoms with Crippen LogP contribution in [0.5, 0.6) is 0 Å². The smallest absolute Gasteiger partial charge is 0.281 e. The lowest BCUT2D eigenvalue weighted by atomic mass is 10.4. The van der Waals surface area contributed by atoms with E-state index in [1.165, 1.54) is 11.3 Å². The molecule has 2 N–H and O–H groups in total. The number of hydrogen-bond donors (Lipinski definition) is 2. The van der Waals surface area contributed by atoms with Gasteiger partial charge in [0.1, 0.15) is 0 Å². The van der Waals surface area contributed by atoms with Crippen LogP contribution in [0.15, 0.2) is 40.9 Å². The quantitative estimate of drug-likeness (QED) is 0.600. The first-order valence-corrected chi connectivity index (χ1v) is 5.24. The minimum Gasteiger partial charge on any atom is -0.360 e. The maximum absolute atomic E-state index is 11.4. The Morgan fingerprint density at radius 1 is 1.47 bits per heavy atom. The van der Waals surface area contributed by atoms with Crippen molar-refractivity contribution in [1.29, 1.82) is 0 Å². The Kier molecular flexibility index (Phi) is 2.94. The molecule has 2 heterocycles. The third-order valence-corrected chi connectivity index (χ3v) is 2.61. The molecule has 0 unspecified atom stereocenters. The fraction of sp³-hybridized carbons (Fsp3) is 0. The van der Waals surface area contributed by atoms with Crippen LogP contribution in [0.1, 0.15) is 15.4 Å². The Hall–Kier alpha value is -1.88. The van der Waals surface area contributed by atoms with E-state index >= 15 is 0 Å². The Bertz CT molecular complexity index is 445. The summed E-state index contributed by atoms with van der Waals surface area (Å²) in [7, 11) is 0. The molecule has 2 rings (SSSR count). The number of aromatic nitrogens is 1. The Morgan fingerprint density at radius 3 is 3.07 bits per heavy atom. The van der Waals surface area contributed by atoms with Crippen molar-refractivity contribution in [2.24, 2.45) is 5.10 Å². The van der Waals surface area contributed by atoms with Crippen molar-refractivity contribution >= 4 is 23.5 Å². The van der Waals surface area contributed by atoms with Crippen LogP contribution in [0.4, 0.5) is 0 Å². The first kappa shape index (κ1) is 9.67. The SMILES string of the molecule is O=C(N/N=C/c1ccc[nH]1)c1cccs1. The molecular weight excluding hydrogens is 210 g/mol.